The molecule has 0 aliphatic carbocycles. The third-order valence-electron chi connectivity index (χ3n) is 3.47. The van der Waals surface area contributed by atoms with Crippen LogP contribution in [0.25, 0.3) is 26.6 Å². The Morgan fingerprint density at radius 2 is 2.18 bits per heavy atom. The Bertz CT molecular complexity index is 937. The monoisotopic (exact) mass is 314 g/mol. The van der Waals surface area contributed by atoms with Crippen LogP contribution >= 0.6 is 11.3 Å². The van der Waals surface area contributed by atoms with Gasteiger partial charge in [-0.2, -0.15) is 0 Å². The van der Waals surface area contributed by atoms with Gasteiger partial charge in [0.05, 0.1) is 16.6 Å². The molecule has 0 spiro atoms. The lowest BCUT2D eigenvalue weighted by molar-refractivity contribution is 1.02. The maximum atomic E-state index is 12.6. The van der Waals surface area contributed by atoms with E-state index in [9.17, 15) is 4.79 Å². The van der Waals surface area contributed by atoms with Crippen molar-refractivity contribution in [3.05, 3.63) is 34.5 Å². The predicted molar refractivity (Wildman–Crippen MR) is 93.9 cm³/mol. The third-order valence-corrected chi connectivity index (χ3v) is 4.53. The minimum atomic E-state index is -0.0416. The van der Waals surface area contributed by atoms with Crippen molar-refractivity contribution >= 4 is 43.7 Å². The Kier molecular flexibility index (Phi) is 3.70. The average Bonchev–Trinajstić information content (AvgIpc) is 2.84. The van der Waals surface area contributed by atoms with Gasteiger partial charge >= 0.3 is 0 Å². The van der Waals surface area contributed by atoms with E-state index in [1.54, 1.807) is 12.5 Å². The van der Waals surface area contributed by atoms with E-state index >= 15 is 0 Å². The molecule has 0 amide bonds. The SMILES string of the molecule is CC/C=C/n1cnc2c(sc3nc(C)cc(N(C)C)c32)c1=O. The molecule has 3 rings (SSSR count). The van der Waals surface area contributed by atoms with E-state index in [1.165, 1.54) is 15.9 Å². The van der Waals surface area contributed by atoms with Crippen molar-refractivity contribution in [3.8, 4) is 0 Å². The van der Waals surface area contributed by atoms with Gasteiger partial charge < -0.3 is 4.90 Å². The number of nitrogens with zero attached hydrogens (tertiary/aromatic N) is 4. The normalized spacial score (nSPS) is 11.8. The lowest BCUT2D eigenvalue weighted by Gasteiger charge is -2.14. The summed E-state index contributed by atoms with van der Waals surface area (Å²) in [5.41, 5.74) is 2.68. The molecule has 0 saturated carbocycles. The van der Waals surface area contributed by atoms with Crippen LogP contribution in [0.2, 0.25) is 0 Å². The van der Waals surface area contributed by atoms with Crippen LogP contribution in [0.3, 0.4) is 0 Å². The molecule has 0 radical (unpaired) electrons. The number of anilines is 1. The Balaban J connectivity index is 2.40. The molecule has 5 nitrogen and oxygen atoms in total. The number of aromatic nitrogens is 3. The molecule has 0 fully saturated rings. The lowest BCUT2D eigenvalue weighted by Crippen LogP contribution is -2.14. The standard InChI is InChI=1S/C16H18N4OS/c1-5-6-7-20-9-17-13-12-11(19(3)4)8-10(2)18-15(12)22-14(13)16(20)21/h6-9H,5H2,1-4H3/b7-6+. The average molecular weight is 314 g/mol. The van der Waals surface area contributed by atoms with E-state index in [1.807, 2.05) is 45.0 Å². The minimum absolute atomic E-state index is 0.0416. The summed E-state index contributed by atoms with van der Waals surface area (Å²) in [5.74, 6) is 0. The zero-order valence-corrected chi connectivity index (χ0v) is 13.9. The van der Waals surface area contributed by atoms with Gasteiger partial charge in [-0.25, -0.2) is 9.97 Å². The largest absolute Gasteiger partial charge is 0.377 e. The first kappa shape index (κ1) is 14.7. The molecule has 0 aliphatic rings. The molecule has 0 N–H and O–H groups in total. The number of rotatable bonds is 3. The highest BCUT2D eigenvalue weighted by molar-refractivity contribution is 7.25. The number of thiophene rings is 1. The van der Waals surface area contributed by atoms with Gasteiger partial charge in [-0.1, -0.05) is 13.0 Å². The molecule has 0 aromatic carbocycles. The zero-order chi connectivity index (χ0) is 15.9. The van der Waals surface area contributed by atoms with Crippen molar-refractivity contribution in [2.24, 2.45) is 0 Å². The molecule has 6 heteroatoms. The van der Waals surface area contributed by atoms with Crippen LogP contribution in [0, 0.1) is 6.92 Å². The van der Waals surface area contributed by atoms with Crippen molar-refractivity contribution in [1.29, 1.82) is 0 Å². The molecule has 0 bridgehead atoms. The summed E-state index contributed by atoms with van der Waals surface area (Å²) in [5, 5.41) is 0.958. The van der Waals surface area contributed by atoms with Crippen LogP contribution in [0.5, 0.6) is 0 Å². The van der Waals surface area contributed by atoms with Gasteiger partial charge in [0, 0.05) is 26.0 Å². The van der Waals surface area contributed by atoms with Crippen LogP contribution in [0.15, 0.2) is 23.3 Å². The van der Waals surface area contributed by atoms with Crippen molar-refractivity contribution in [2.45, 2.75) is 20.3 Å². The maximum Gasteiger partial charge on any atom is 0.275 e. The van der Waals surface area contributed by atoms with Gasteiger partial charge in [0.25, 0.3) is 5.56 Å². The molecular formula is C16H18N4OS. The first-order valence-electron chi connectivity index (χ1n) is 7.18. The number of hydrogen-bond donors (Lipinski definition) is 0. The Morgan fingerprint density at radius 3 is 2.86 bits per heavy atom. The smallest absolute Gasteiger partial charge is 0.275 e. The summed E-state index contributed by atoms with van der Waals surface area (Å²) >= 11 is 1.41. The van der Waals surface area contributed by atoms with Crippen LogP contribution in [-0.4, -0.2) is 28.6 Å². The van der Waals surface area contributed by atoms with E-state index in [2.05, 4.69) is 9.97 Å². The highest BCUT2D eigenvalue weighted by Crippen LogP contribution is 2.35. The fourth-order valence-corrected chi connectivity index (χ4v) is 3.55. The molecule has 0 aliphatic heterocycles. The Morgan fingerprint density at radius 1 is 1.41 bits per heavy atom. The second kappa shape index (κ2) is 5.53. The summed E-state index contributed by atoms with van der Waals surface area (Å²) in [6.07, 6.45) is 6.17. The van der Waals surface area contributed by atoms with Crippen molar-refractivity contribution in [1.82, 2.24) is 14.5 Å². The molecule has 3 aromatic heterocycles. The van der Waals surface area contributed by atoms with E-state index in [4.69, 9.17) is 0 Å². The van der Waals surface area contributed by atoms with Crippen molar-refractivity contribution < 1.29 is 0 Å². The number of hydrogen-bond acceptors (Lipinski definition) is 5. The Labute approximate surface area is 132 Å². The van der Waals surface area contributed by atoms with Gasteiger partial charge in [0.15, 0.2) is 0 Å². The van der Waals surface area contributed by atoms with Crippen molar-refractivity contribution in [3.63, 3.8) is 0 Å². The van der Waals surface area contributed by atoms with Gasteiger partial charge in [-0.3, -0.25) is 9.36 Å². The second-order valence-electron chi connectivity index (χ2n) is 5.39. The van der Waals surface area contributed by atoms with Gasteiger partial charge in [-0.15, -0.1) is 11.3 Å². The van der Waals surface area contributed by atoms with E-state index < -0.39 is 0 Å². The fraction of sp³-hybridized carbons (Fsp3) is 0.312. The molecule has 0 unspecified atom stereocenters. The first-order valence-corrected chi connectivity index (χ1v) is 7.99. The highest BCUT2D eigenvalue weighted by Gasteiger charge is 2.16. The highest BCUT2D eigenvalue weighted by atomic mass is 32.1. The van der Waals surface area contributed by atoms with E-state index in [0.29, 0.717) is 4.70 Å². The first-order chi connectivity index (χ1) is 10.5. The van der Waals surface area contributed by atoms with E-state index in [0.717, 1.165) is 33.5 Å². The second-order valence-corrected chi connectivity index (χ2v) is 6.39. The minimum Gasteiger partial charge on any atom is -0.377 e. The van der Waals surface area contributed by atoms with Gasteiger partial charge in [0.1, 0.15) is 15.9 Å². The van der Waals surface area contributed by atoms with Crippen LogP contribution < -0.4 is 10.5 Å². The molecule has 3 aromatic rings. The Hall–Kier alpha value is -2.21. The van der Waals surface area contributed by atoms with Crippen LogP contribution in [0.4, 0.5) is 5.69 Å². The molecule has 22 heavy (non-hydrogen) atoms. The number of aryl methyl sites for hydroxylation is 1. The van der Waals surface area contributed by atoms with Crippen molar-refractivity contribution in [2.75, 3.05) is 19.0 Å². The lowest BCUT2D eigenvalue weighted by atomic mass is 10.2. The fourth-order valence-electron chi connectivity index (χ4n) is 2.42. The summed E-state index contributed by atoms with van der Waals surface area (Å²) in [6, 6.07) is 2.03. The van der Waals surface area contributed by atoms with Crippen LogP contribution in [-0.2, 0) is 0 Å². The van der Waals surface area contributed by atoms with E-state index in [-0.39, 0.29) is 5.56 Å². The predicted octanol–water partition coefficient (Wildman–Crippen LogP) is 3.26. The molecular weight excluding hydrogens is 296 g/mol. The summed E-state index contributed by atoms with van der Waals surface area (Å²) in [7, 11) is 3.98. The van der Waals surface area contributed by atoms with Crippen LogP contribution in [0.1, 0.15) is 19.0 Å². The molecule has 3 heterocycles. The molecule has 0 saturated heterocycles. The summed E-state index contributed by atoms with van der Waals surface area (Å²) in [6.45, 7) is 4.00. The number of pyridine rings is 1. The summed E-state index contributed by atoms with van der Waals surface area (Å²) < 4.78 is 2.18. The topological polar surface area (TPSA) is 51.0 Å². The summed E-state index contributed by atoms with van der Waals surface area (Å²) in [4.78, 5) is 24.6. The molecule has 0 atom stereocenters. The quantitative estimate of drug-likeness (QED) is 0.744. The van der Waals surface area contributed by atoms with Gasteiger partial charge in [0.2, 0.25) is 0 Å². The maximum absolute atomic E-state index is 12.6. The molecule has 114 valence electrons. The number of fused-ring (bicyclic) bond motifs is 3. The third kappa shape index (κ3) is 2.29. The number of allylic oxidation sites excluding steroid dienone is 1. The zero-order valence-electron chi connectivity index (χ0n) is 13.1. The van der Waals surface area contributed by atoms with Gasteiger partial charge in [-0.05, 0) is 19.4 Å².